The van der Waals surface area contributed by atoms with Gasteiger partial charge in [0.15, 0.2) is 0 Å². The Morgan fingerprint density at radius 1 is 0.947 bits per heavy atom. The van der Waals surface area contributed by atoms with Crippen LogP contribution >= 0.6 is 0 Å². The molecule has 1 unspecified atom stereocenters. The Morgan fingerprint density at radius 2 is 1.32 bits per heavy atom. The molecular formula is C7H6F8O3S. The van der Waals surface area contributed by atoms with Crippen molar-refractivity contribution < 1.29 is 48.1 Å². The van der Waals surface area contributed by atoms with Crippen LogP contribution in [0, 0.1) is 0 Å². The van der Waals surface area contributed by atoms with Gasteiger partial charge in [0.25, 0.3) is 0 Å². The van der Waals surface area contributed by atoms with E-state index in [2.05, 4.69) is 6.58 Å². The maximum absolute atomic E-state index is 13.5. The highest BCUT2D eigenvalue weighted by atomic mass is 32.2. The van der Waals surface area contributed by atoms with E-state index in [1.54, 1.807) is 0 Å². The lowest BCUT2D eigenvalue weighted by Crippen LogP contribution is -2.64. The zero-order chi connectivity index (χ0) is 15.9. The largest absolute Gasteiger partial charge is 0.460 e. The average molecular weight is 322 g/mol. The summed E-state index contributed by atoms with van der Waals surface area (Å²) in [5.41, 5.74) is 0. The highest BCUT2D eigenvalue weighted by Gasteiger charge is 2.83. The zero-order valence-corrected chi connectivity index (χ0v) is 9.50. The fourth-order valence-electron chi connectivity index (χ4n) is 0.994. The topological polar surface area (TPSA) is 54.4 Å². The molecule has 0 fully saturated rings. The lowest BCUT2D eigenvalue weighted by Gasteiger charge is -2.35. The first-order chi connectivity index (χ1) is 8.06. The summed E-state index contributed by atoms with van der Waals surface area (Å²) in [6, 6.07) is 0. The molecule has 19 heavy (non-hydrogen) atoms. The standard InChI is InChI=1S/C7H6F8O3S/c1-2-3-4(8,19(16,17)18)5(9,10)6(11,12)7(13,14)15/h2H,1,3H2,(H,16,17,18). The van der Waals surface area contributed by atoms with Crippen LogP contribution in [0.15, 0.2) is 12.7 Å². The van der Waals surface area contributed by atoms with Crippen molar-refractivity contribution in [3.63, 3.8) is 0 Å². The highest BCUT2D eigenvalue weighted by molar-refractivity contribution is 7.87. The summed E-state index contributed by atoms with van der Waals surface area (Å²) in [6.07, 6.45) is -9.10. The van der Waals surface area contributed by atoms with E-state index in [4.69, 9.17) is 4.55 Å². The molecule has 114 valence electrons. The monoisotopic (exact) mass is 322 g/mol. The third kappa shape index (κ3) is 2.55. The fourth-order valence-corrected chi connectivity index (χ4v) is 1.77. The van der Waals surface area contributed by atoms with Gasteiger partial charge in [0.05, 0.1) is 0 Å². The maximum Gasteiger partial charge on any atom is 0.460 e. The number of hydrogen-bond acceptors (Lipinski definition) is 2. The summed E-state index contributed by atoms with van der Waals surface area (Å²) in [5.74, 6) is -13.8. The normalized spacial score (nSPS) is 17.9. The molecule has 0 aromatic heterocycles. The van der Waals surface area contributed by atoms with E-state index in [9.17, 15) is 43.5 Å². The van der Waals surface area contributed by atoms with Crippen LogP contribution in [0.5, 0.6) is 0 Å². The first-order valence-electron chi connectivity index (χ1n) is 4.15. The van der Waals surface area contributed by atoms with E-state index in [1.165, 1.54) is 0 Å². The summed E-state index contributed by atoms with van der Waals surface area (Å²) in [5, 5.41) is -5.57. The van der Waals surface area contributed by atoms with Crippen LogP contribution in [-0.4, -0.2) is 36.0 Å². The summed E-state index contributed by atoms with van der Waals surface area (Å²) in [6.45, 7) is 2.54. The molecule has 0 bridgehead atoms. The molecular weight excluding hydrogens is 316 g/mol. The van der Waals surface area contributed by atoms with E-state index in [1.807, 2.05) is 0 Å². The molecule has 0 aromatic carbocycles. The van der Waals surface area contributed by atoms with Crippen LogP contribution in [0.25, 0.3) is 0 Å². The summed E-state index contributed by atoms with van der Waals surface area (Å²) in [7, 11) is -6.60. The Balaban J connectivity index is 6.19. The molecule has 0 heterocycles. The number of halogens is 8. The molecule has 0 aliphatic heterocycles. The quantitative estimate of drug-likeness (QED) is 0.481. The van der Waals surface area contributed by atoms with E-state index in [-0.39, 0.29) is 6.08 Å². The average Bonchev–Trinajstić information content (AvgIpc) is 2.13. The van der Waals surface area contributed by atoms with Crippen LogP contribution in [0.1, 0.15) is 6.42 Å². The molecule has 0 spiro atoms. The van der Waals surface area contributed by atoms with Gasteiger partial charge in [-0.2, -0.15) is 39.2 Å². The smallest absolute Gasteiger partial charge is 0.283 e. The van der Waals surface area contributed by atoms with Gasteiger partial charge < -0.3 is 0 Å². The Labute approximate surface area is 101 Å². The summed E-state index contributed by atoms with van der Waals surface area (Å²) in [4.78, 5) is 0. The van der Waals surface area contributed by atoms with Crippen LogP contribution in [-0.2, 0) is 10.1 Å². The van der Waals surface area contributed by atoms with Gasteiger partial charge in [0.2, 0.25) is 0 Å². The predicted molar refractivity (Wildman–Crippen MR) is 46.2 cm³/mol. The van der Waals surface area contributed by atoms with Crippen molar-refractivity contribution in [2.75, 3.05) is 0 Å². The van der Waals surface area contributed by atoms with Gasteiger partial charge in [0, 0.05) is 6.42 Å². The van der Waals surface area contributed by atoms with E-state index < -0.39 is 39.6 Å². The second kappa shape index (κ2) is 4.58. The molecule has 0 radical (unpaired) electrons. The first-order valence-corrected chi connectivity index (χ1v) is 5.59. The predicted octanol–water partition coefficient (Wildman–Crippen LogP) is 2.95. The molecule has 1 N–H and O–H groups in total. The van der Waals surface area contributed by atoms with Crippen LogP contribution in [0.3, 0.4) is 0 Å². The minimum Gasteiger partial charge on any atom is -0.283 e. The second-order valence-electron chi connectivity index (χ2n) is 3.34. The Morgan fingerprint density at radius 3 is 1.53 bits per heavy atom. The third-order valence-corrected chi connectivity index (χ3v) is 3.28. The van der Waals surface area contributed by atoms with Gasteiger partial charge in [-0.25, -0.2) is 4.39 Å². The number of hydrogen-bond donors (Lipinski definition) is 1. The van der Waals surface area contributed by atoms with Crippen molar-refractivity contribution in [1.82, 2.24) is 0 Å². The van der Waals surface area contributed by atoms with E-state index in [0.717, 1.165) is 0 Å². The number of alkyl halides is 8. The van der Waals surface area contributed by atoms with Crippen molar-refractivity contribution in [1.29, 1.82) is 0 Å². The zero-order valence-electron chi connectivity index (χ0n) is 8.69. The fraction of sp³-hybridized carbons (Fsp3) is 0.714. The van der Waals surface area contributed by atoms with Crippen molar-refractivity contribution in [2.24, 2.45) is 0 Å². The van der Waals surface area contributed by atoms with Crippen LogP contribution < -0.4 is 0 Å². The lowest BCUT2D eigenvalue weighted by atomic mass is 10.0. The summed E-state index contributed by atoms with van der Waals surface area (Å²) >= 11 is 0. The van der Waals surface area contributed by atoms with Crippen molar-refractivity contribution >= 4 is 10.1 Å². The van der Waals surface area contributed by atoms with Gasteiger partial charge in [-0.1, -0.05) is 6.08 Å². The maximum atomic E-state index is 13.5. The van der Waals surface area contributed by atoms with Crippen molar-refractivity contribution in [2.45, 2.75) is 29.4 Å². The third-order valence-electron chi connectivity index (χ3n) is 2.03. The Hall–Kier alpha value is -0.910. The molecule has 0 saturated carbocycles. The molecule has 0 saturated heterocycles. The summed E-state index contributed by atoms with van der Waals surface area (Å²) < 4.78 is 129. The molecule has 12 heteroatoms. The van der Waals surface area contributed by atoms with Crippen LogP contribution in [0.2, 0.25) is 0 Å². The van der Waals surface area contributed by atoms with Crippen LogP contribution in [0.4, 0.5) is 35.1 Å². The Bertz CT molecular complexity index is 453. The highest BCUT2D eigenvalue weighted by Crippen LogP contribution is 2.55. The minimum atomic E-state index is -7.02. The molecule has 0 aromatic rings. The van der Waals surface area contributed by atoms with Gasteiger partial charge in [-0.05, 0) is 0 Å². The molecule has 3 nitrogen and oxygen atoms in total. The van der Waals surface area contributed by atoms with E-state index in [0.29, 0.717) is 0 Å². The lowest BCUT2D eigenvalue weighted by molar-refractivity contribution is -0.370. The molecule has 0 amide bonds. The number of allylic oxidation sites excluding steroid dienone is 1. The molecule has 1 atom stereocenters. The number of rotatable bonds is 5. The Kier molecular flexibility index (Phi) is 4.36. The molecule has 0 aliphatic carbocycles. The molecule has 0 aliphatic rings. The minimum absolute atomic E-state index is 0.00807. The van der Waals surface area contributed by atoms with Crippen molar-refractivity contribution in [3.8, 4) is 0 Å². The van der Waals surface area contributed by atoms with Gasteiger partial charge >= 0.3 is 33.1 Å². The second-order valence-corrected chi connectivity index (χ2v) is 4.94. The van der Waals surface area contributed by atoms with Gasteiger partial charge in [-0.15, -0.1) is 6.58 Å². The molecule has 0 rings (SSSR count). The van der Waals surface area contributed by atoms with Gasteiger partial charge in [0.1, 0.15) is 0 Å². The SMILES string of the molecule is C=CCC(F)(C(F)(F)C(F)(F)C(F)(F)F)S(=O)(=O)O. The van der Waals surface area contributed by atoms with Gasteiger partial charge in [-0.3, -0.25) is 4.55 Å². The first kappa shape index (κ1) is 18.1. The van der Waals surface area contributed by atoms with E-state index >= 15 is 0 Å². The van der Waals surface area contributed by atoms with Crippen molar-refractivity contribution in [3.05, 3.63) is 12.7 Å².